The minimum Gasteiger partial charge on any atom is -0.478 e. The van der Waals surface area contributed by atoms with E-state index in [0.717, 1.165) is 22.0 Å². The highest BCUT2D eigenvalue weighted by Crippen LogP contribution is 2.49. The van der Waals surface area contributed by atoms with Crippen LogP contribution in [0.15, 0.2) is 73.2 Å². The van der Waals surface area contributed by atoms with Gasteiger partial charge in [0.2, 0.25) is 5.91 Å². The lowest BCUT2D eigenvalue weighted by molar-refractivity contribution is -0.200. The van der Waals surface area contributed by atoms with Crippen molar-refractivity contribution in [3.8, 4) is 5.75 Å². The molecule has 3 atom stereocenters. The predicted octanol–water partition coefficient (Wildman–Crippen LogP) is 4.98. The van der Waals surface area contributed by atoms with Gasteiger partial charge in [0.05, 0.1) is 5.92 Å². The van der Waals surface area contributed by atoms with Crippen LogP contribution in [0, 0.1) is 5.92 Å². The molecule has 1 aliphatic carbocycles. The first-order valence-corrected chi connectivity index (χ1v) is 13.2. The lowest BCUT2D eigenvalue weighted by Gasteiger charge is -2.54. The molecule has 3 aliphatic rings. The maximum atomic E-state index is 15.1. The maximum absolute atomic E-state index is 15.1. The van der Waals surface area contributed by atoms with Crippen LogP contribution in [-0.2, 0) is 16.1 Å². The van der Waals surface area contributed by atoms with E-state index in [1.807, 2.05) is 59.1 Å². The average Bonchev–Trinajstić information content (AvgIpc) is 3.38. The van der Waals surface area contributed by atoms with Crippen LogP contribution in [0.1, 0.15) is 38.7 Å². The molecule has 0 spiro atoms. The molecule has 2 aromatic heterocycles. The zero-order valence-corrected chi connectivity index (χ0v) is 21.8. The Morgan fingerprint density at radius 2 is 1.90 bits per heavy atom. The molecule has 2 unspecified atom stereocenters. The van der Waals surface area contributed by atoms with E-state index in [2.05, 4.69) is 10.3 Å². The van der Waals surface area contributed by atoms with Crippen LogP contribution in [0.2, 0.25) is 0 Å². The highest BCUT2D eigenvalue weighted by Gasteiger charge is 2.61. The fraction of sp³-hybridized carbons (Fsp3) is 0.367. The van der Waals surface area contributed by atoms with Crippen molar-refractivity contribution in [2.45, 2.75) is 63.3 Å². The van der Waals surface area contributed by atoms with Gasteiger partial charge in [-0.25, -0.2) is 13.8 Å². The van der Waals surface area contributed by atoms with Crippen molar-refractivity contribution < 1.29 is 23.1 Å². The molecule has 0 radical (unpaired) electrons. The molecule has 7 nitrogen and oxygen atoms in total. The number of amides is 2. The van der Waals surface area contributed by atoms with Gasteiger partial charge in [-0.2, -0.15) is 0 Å². The summed E-state index contributed by atoms with van der Waals surface area (Å²) in [5.41, 5.74) is 0.180. The number of piperidine rings is 2. The third-order valence-corrected chi connectivity index (χ3v) is 7.96. The first-order valence-electron chi connectivity index (χ1n) is 13.2. The van der Waals surface area contributed by atoms with Crippen molar-refractivity contribution in [2.75, 3.05) is 0 Å². The van der Waals surface area contributed by atoms with Crippen molar-refractivity contribution in [3.05, 3.63) is 78.8 Å². The first kappa shape index (κ1) is 25.3. The Morgan fingerprint density at radius 1 is 1.10 bits per heavy atom. The number of hydrogen-bond acceptors (Lipinski definition) is 4. The number of carbonyl (C=O) groups is 2. The zero-order valence-electron chi connectivity index (χ0n) is 21.8. The fourth-order valence-electron chi connectivity index (χ4n) is 6.04. The van der Waals surface area contributed by atoms with Gasteiger partial charge in [0.15, 0.2) is 5.60 Å². The van der Waals surface area contributed by atoms with Crippen LogP contribution in [-0.4, -0.2) is 49.7 Å². The smallest absolute Gasteiger partial charge is 0.267 e. The van der Waals surface area contributed by atoms with Crippen molar-refractivity contribution in [2.24, 2.45) is 5.92 Å². The Labute approximate surface area is 224 Å². The molecule has 4 aromatic rings. The number of ether oxygens (including phenoxy) is 1. The van der Waals surface area contributed by atoms with Crippen molar-refractivity contribution >= 4 is 28.2 Å². The lowest BCUT2D eigenvalue weighted by atomic mass is 9.71. The topological polar surface area (TPSA) is 75.9 Å². The minimum absolute atomic E-state index is 0.144. The number of halogens is 2. The van der Waals surface area contributed by atoms with Gasteiger partial charge in [0, 0.05) is 37.6 Å². The summed E-state index contributed by atoms with van der Waals surface area (Å²) in [5.74, 6) is -4.83. The largest absolute Gasteiger partial charge is 0.478 e. The molecule has 2 bridgehead atoms. The van der Waals surface area contributed by atoms with Gasteiger partial charge in [0.25, 0.3) is 11.8 Å². The molecule has 2 amide bonds. The number of pyridine rings is 1. The SMILES string of the molecule is CC(C)(Oc1ccc2ccccc2c1)C(=O)N1C2CCC([C@@H]1C(=O)NCc1ccc3nccn3c1)C(F)(F)C2. The summed E-state index contributed by atoms with van der Waals surface area (Å²) >= 11 is 0. The van der Waals surface area contributed by atoms with E-state index in [-0.39, 0.29) is 13.0 Å². The van der Waals surface area contributed by atoms with Crippen molar-refractivity contribution in [3.63, 3.8) is 0 Å². The molecule has 4 heterocycles. The molecule has 2 aliphatic heterocycles. The highest BCUT2D eigenvalue weighted by atomic mass is 19.3. The summed E-state index contributed by atoms with van der Waals surface area (Å²) in [6.45, 7) is 3.39. The average molecular weight is 533 g/mol. The van der Waals surface area contributed by atoms with E-state index in [9.17, 15) is 9.59 Å². The number of nitrogens with one attached hydrogen (secondary N) is 1. The number of alkyl halides is 2. The van der Waals surface area contributed by atoms with Gasteiger partial charge < -0.3 is 19.4 Å². The number of nitrogens with zero attached hydrogens (tertiary/aromatic N) is 3. The van der Waals surface area contributed by atoms with Gasteiger partial charge in [-0.05, 0) is 61.2 Å². The molecule has 7 rings (SSSR count). The molecule has 2 saturated heterocycles. The lowest BCUT2D eigenvalue weighted by Crippen LogP contribution is -2.70. The third kappa shape index (κ3) is 4.60. The summed E-state index contributed by atoms with van der Waals surface area (Å²) in [5, 5.41) is 4.81. The summed E-state index contributed by atoms with van der Waals surface area (Å²) < 4.78 is 38.1. The third-order valence-electron chi connectivity index (χ3n) is 7.96. The molecular formula is C30H30F2N4O3. The quantitative estimate of drug-likeness (QED) is 0.380. The number of carbonyl (C=O) groups excluding carboxylic acids is 2. The normalized spacial score (nSPS) is 22.3. The van der Waals surface area contributed by atoms with Crippen LogP contribution >= 0.6 is 0 Å². The number of imidazole rings is 1. The van der Waals surface area contributed by atoms with E-state index in [1.54, 1.807) is 32.3 Å². The molecule has 2 aromatic carbocycles. The number of hydrogen-bond donors (Lipinski definition) is 1. The Morgan fingerprint density at radius 3 is 2.69 bits per heavy atom. The van der Waals surface area contributed by atoms with E-state index in [0.29, 0.717) is 12.2 Å². The molecule has 9 heteroatoms. The van der Waals surface area contributed by atoms with Gasteiger partial charge in [-0.1, -0.05) is 36.4 Å². The van der Waals surface area contributed by atoms with Gasteiger partial charge in [0.1, 0.15) is 17.4 Å². The second kappa shape index (κ2) is 9.32. The molecule has 1 saturated carbocycles. The Kier molecular flexibility index (Phi) is 6.04. The predicted molar refractivity (Wildman–Crippen MR) is 142 cm³/mol. The molecule has 39 heavy (non-hydrogen) atoms. The molecular weight excluding hydrogens is 502 g/mol. The standard InChI is InChI=1S/C30H30F2N4O3/c1-29(2,39-23-10-8-20-5-3-4-6-21(20)15-23)28(38)36-22-9-11-24(30(31,32)16-22)26(36)27(37)34-17-19-7-12-25-33-13-14-35(25)18-19/h3-8,10,12-15,18,22,24,26H,9,11,16-17H2,1-2H3,(H,34,37)/t22?,24?,26-/m1/s1. The van der Waals surface area contributed by atoms with E-state index >= 15 is 8.78 Å². The van der Waals surface area contributed by atoms with Crippen molar-refractivity contribution in [1.29, 1.82) is 0 Å². The van der Waals surface area contributed by atoms with Crippen LogP contribution in [0.4, 0.5) is 8.78 Å². The van der Waals surface area contributed by atoms with Gasteiger partial charge in [-0.15, -0.1) is 0 Å². The van der Waals surface area contributed by atoms with Crippen LogP contribution < -0.4 is 10.1 Å². The summed E-state index contributed by atoms with van der Waals surface area (Å²) in [4.78, 5) is 33.1. The fourth-order valence-corrected chi connectivity index (χ4v) is 6.04. The van der Waals surface area contributed by atoms with Gasteiger partial charge in [-0.3, -0.25) is 9.59 Å². The van der Waals surface area contributed by atoms with Gasteiger partial charge >= 0.3 is 0 Å². The molecule has 1 N–H and O–H groups in total. The minimum atomic E-state index is -3.03. The van der Waals surface area contributed by atoms with E-state index in [4.69, 9.17) is 4.74 Å². The number of benzene rings is 2. The van der Waals surface area contributed by atoms with E-state index in [1.165, 1.54) is 4.90 Å². The van der Waals surface area contributed by atoms with E-state index < -0.39 is 47.8 Å². The Bertz CT molecular complexity index is 1570. The monoisotopic (exact) mass is 532 g/mol. The Balaban J connectivity index is 1.24. The highest BCUT2D eigenvalue weighted by molar-refractivity contribution is 5.92. The Hall–Kier alpha value is -4.01. The maximum Gasteiger partial charge on any atom is 0.267 e. The van der Waals surface area contributed by atoms with Crippen LogP contribution in [0.3, 0.4) is 0 Å². The van der Waals surface area contributed by atoms with Crippen molar-refractivity contribution in [1.82, 2.24) is 19.6 Å². The van der Waals surface area contributed by atoms with Crippen LogP contribution in [0.25, 0.3) is 16.4 Å². The summed E-state index contributed by atoms with van der Waals surface area (Å²) in [7, 11) is 0. The summed E-state index contributed by atoms with van der Waals surface area (Å²) in [6, 6.07) is 15.0. The zero-order chi connectivity index (χ0) is 27.4. The number of aromatic nitrogens is 2. The second-order valence-corrected chi connectivity index (χ2v) is 11.0. The first-order chi connectivity index (χ1) is 18.6. The number of rotatable bonds is 6. The molecule has 3 fully saturated rings. The second-order valence-electron chi connectivity index (χ2n) is 11.0. The number of fused-ring (bicyclic) bond motifs is 5. The summed E-state index contributed by atoms with van der Waals surface area (Å²) in [6.07, 6.45) is 5.46. The molecule has 202 valence electrons. The van der Waals surface area contributed by atoms with Crippen LogP contribution in [0.5, 0.6) is 5.75 Å².